The van der Waals surface area contributed by atoms with E-state index in [-0.39, 0.29) is 16.8 Å². The fraction of sp³-hybridized carbons (Fsp3) is 0.286. The quantitative estimate of drug-likeness (QED) is 0.605. The highest BCUT2D eigenvalue weighted by atomic mass is 32.2. The maximum Gasteiger partial charge on any atom is 0.264 e. The summed E-state index contributed by atoms with van der Waals surface area (Å²) in [6.07, 6.45) is 0.856. The van der Waals surface area contributed by atoms with Crippen LogP contribution in [0.5, 0.6) is 5.75 Å². The highest BCUT2D eigenvalue weighted by Crippen LogP contribution is 2.31. The van der Waals surface area contributed by atoms with E-state index in [4.69, 9.17) is 4.74 Å². The van der Waals surface area contributed by atoms with E-state index in [1.165, 1.54) is 41.9 Å². The number of ether oxygens (including phenoxy) is 1. The number of hydrogen-bond acceptors (Lipinski definition) is 5. The second kappa shape index (κ2) is 8.42. The van der Waals surface area contributed by atoms with E-state index in [2.05, 4.69) is 5.32 Å². The number of carbonyl (C=O) groups is 1. The van der Waals surface area contributed by atoms with Crippen LogP contribution in [0.15, 0.2) is 53.4 Å². The van der Waals surface area contributed by atoms with Gasteiger partial charge >= 0.3 is 0 Å². The number of carbonyl (C=O) groups excluding carboxylic acids is 1. The molecule has 29 heavy (non-hydrogen) atoms. The molecule has 3 aromatic rings. The van der Waals surface area contributed by atoms with Gasteiger partial charge in [0.15, 0.2) is 0 Å². The molecule has 0 aliphatic heterocycles. The lowest BCUT2D eigenvalue weighted by molar-refractivity contribution is 0.0943. The maximum atomic E-state index is 13.0. The first-order valence-electron chi connectivity index (χ1n) is 9.23. The van der Waals surface area contributed by atoms with Crippen molar-refractivity contribution in [1.82, 2.24) is 5.32 Å². The molecule has 1 unspecified atom stereocenters. The van der Waals surface area contributed by atoms with Gasteiger partial charge in [0.05, 0.1) is 22.6 Å². The van der Waals surface area contributed by atoms with Gasteiger partial charge < -0.3 is 10.1 Å². The van der Waals surface area contributed by atoms with Crippen LogP contribution in [0.2, 0.25) is 0 Å². The minimum Gasteiger partial charge on any atom is -0.497 e. The average Bonchev–Trinajstić information content (AvgIpc) is 3.16. The molecule has 0 aliphatic rings. The van der Waals surface area contributed by atoms with Crippen LogP contribution in [0.4, 0.5) is 5.69 Å². The zero-order chi connectivity index (χ0) is 21.2. The molecule has 0 saturated heterocycles. The first-order chi connectivity index (χ1) is 13.8. The molecule has 0 radical (unpaired) electrons. The van der Waals surface area contributed by atoms with Gasteiger partial charge in [0.1, 0.15) is 5.75 Å². The zero-order valence-electron chi connectivity index (χ0n) is 16.8. The Morgan fingerprint density at radius 2 is 1.86 bits per heavy atom. The van der Waals surface area contributed by atoms with Gasteiger partial charge in [-0.2, -0.15) is 0 Å². The number of fused-ring (bicyclic) bond motifs is 1. The molecule has 0 bridgehead atoms. The molecule has 0 saturated carbocycles. The van der Waals surface area contributed by atoms with Gasteiger partial charge in [-0.05, 0) is 67.3 Å². The van der Waals surface area contributed by atoms with E-state index in [1.807, 2.05) is 19.9 Å². The first-order valence-corrected chi connectivity index (χ1v) is 11.5. The summed E-state index contributed by atoms with van der Waals surface area (Å²) in [5, 5.41) is 3.79. The Morgan fingerprint density at radius 1 is 1.17 bits per heavy atom. The molecule has 1 aromatic heterocycles. The lowest BCUT2D eigenvalue weighted by Gasteiger charge is -2.19. The molecule has 154 valence electrons. The van der Waals surface area contributed by atoms with Crippen LogP contribution < -0.4 is 14.4 Å². The van der Waals surface area contributed by atoms with Crippen molar-refractivity contribution in [3.63, 3.8) is 0 Å². The Morgan fingerprint density at radius 3 is 2.48 bits per heavy atom. The van der Waals surface area contributed by atoms with Crippen molar-refractivity contribution in [3.8, 4) is 5.75 Å². The van der Waals surface area contributed by atoms with E-state index >= 15 is 0 Å². The first kappa shape index (κ1) is 21.1. The summed E-state index contributed by atoms with van der Waals surface area (Å²) in [4.78, 5) is 13.2. The van der Waals surface area contributed by atoms with Gasteiger partial charge in [-0.1, -0.05) is 6.92 Å². The maximum absolute atomic E-state index is 13.0. The van der Waals surface area contributed by atoms with Gasteiger partial charge in [0.25, 0.3) is 15.9 Å². The molecule has 1 atom stereocenters. The van der Waals surface area contributed by atoms with Gasteiger partial charge in [0, 0.05) is 17.8 Å². The summed E-state index contributed by atoms with van der Waals surface area (Å²) >= 11 is 1.39. The van der Waals surface area contributed by atoms with Crippen molar-refractivity contribution >= 4 is 43.0 Å². The predicted octanol–water partition coefficient (Wildman–Crippen LogP) is 4.26. The van der Waals surface area contributed by atoms with Crippen molar-refractivity contribution < 1.29 is 17.9 Å². The van der Waals surface area contributed by atoms with Gasteiger partial charge in [-0.15, -0.1) is 11.3 Å². The Labute approximate surface area is 175 Å². The molecule has 8 heteroatoms. The number of hydrogen-bond donors (Lipinski definition) is 1. The van der Waals surface area contributed by atoms with E-state index in [1.54, 1.807) is 30.3 Å². The SMILES string of the molecule is CCC(C)NC(=O)c1cc2cc(N(C)S(=O)(=O)c3ccc(OC)cc3)ccc2s1. The molecule has 0 aliphatic carbocycles. The van der Waals surface area contributed by atoms with Crippen molar-refractivity contribution in [2.75, 3.05) is 18.5 Å². The van der Waals surface area contributed by atoms with E-state index in [0.29, 0.717) is 16.3 Å². The number of anilines is 1. The summed E-state index contributed by atoms with van der Waals surface area (Å²) in [5.41, 5.74) is 0.528. The van der Waals surface area contributed by atoms with Crippen LogP contribution in [-0.2, 0) is 10.0 Å². The van der Waals surface area contributed by atoms with Gasteiger partial charge in [-0.25, -0.2) is 8.42 Å². The lowest BCUT2D eigenvalue weighted by Crippen LogP contribution is -2.31. The molecule has 1 amide bonds. The van der Waals surface area contributed by atoms with Crippen LogP contribution in [0.1, 0.15) is 29.9 Å². The van der Waals surface area contributed by atoms with Crippen molar-refractivity contribution in [1.29, 1.82) is 0 Å². The molecule has 2 aromatic carbocycles. The Balaban J connectivity index is 1.89. The number of nitrogens with one attached hydrogen (secondary N) is 1. The van der Waals surface area contributed by atoms with Crippen molar-refractivity contribution in [3.05, 3.63) is 53.4 Å². The number of amides is 1. The van der Waals surface area contributed by atoms with Gasteiger partial charge in [-0.3, -0.25) is 9.10 Å². The molecular formula is C21H24N2O4S2. The topological polar surface area (TPSA) is 75.7 Å². The molecule has 6 nitrogen and oxygen atoms in total. The van der Waals surface area contributed by atoms with E-state index in [0.717, 1.165) is 16.5 Å². The molecule has 1 heterocycles. The normalized spacial score (nSPS) is 12.6. The number of nitrogens with zero attached hydrogens (tertiary/aromatic N) is 1. The van der Waals surface area contributed by atoms with Crippen molar-refractivity contribution in [2.24, 2.45) is 0 Å². The molecule has 3 rings (SSSR count). The van der Waals surface area contributed by atoms with E-state index < -0.39 is 10.0 Å². The van der Waals surface area contributed by atoms with Crippen LogP contribution in [0.3, 0.4) is 0 Å². The summed E-state index contributed by atoms with van der Waals surface area (Å²) in [5.74, 6) is 0.482. The number of sulfonamides is 1. The summed E-state index contributed by atoms with van der Waals surface area (Å²) in [7, 11) is -0.664. The van der Waals surface area contributed by atoms with Crippen LogP contribution in [-0.4, -0.2) is 34.5 Å². The number of methoxy groups -OCH3 is 1. The fourth-order valence-electron chi connectivity index (χ4n) is 2.78. The number of thiophene rings is 1. The van der Waals surface area contributed by atoms with Crippen LogP contribution in [0, 0.1) is 0 Å². The molecular weight excluding hydrogens is 408 g/mol. The Hall–Kier alpha value is -2.58. The minimum absolute atomic E-state index is 0.101. The third-order valence-electron chi connectivity index (χ3n) is 4.79. The highest BCUT2D eigenvalue weighted by Gasteiger charge is 2.22. The molecule has 0 fully saturated rings. The summed E-state index contributed by atoms with van der Waals surface area (Å²) in [6, 6.07) is 13.5. The standard InChI is InChI=1S/C21H24N2O4S2/c1-5-14(2)22-21(24)20-13-15-12-16(6-11-19(15)28-20)23(3)29(25,26)18-9-7-17(27-4)8-10-18/h6-14H,5H2,1-4H3,(H,22,24). The third-order valence-corrected chi connectivity index (χ3v) is 7.71. The smallest absolute Gasteiger partial charge is 0.264 e. The monoisotopic (exact) mass is 432 g/mol. The second-order valence-electron chi connectivity index (χ2n) is 6.76. The minimum atomic E-state index is -3.71. The Bertz CT molecular complexity index is 1120. The molecule has 1 N–H and O–H groups in total. The lowest BCUT2D eigenvalue weighted by atomic mass is 10.2. The van der Waals surface area contributed by atoms with Crippen molar-refractivity contribution in [2.45, 2.75) is 31.2 Å². The zero-order valence-corrected chi connectivity index (χ0v) is 18.4. The predicted molar refractivity (Wildman–Crippen MR) is 118 cm³/mol. The largest absolute Gasteiger partial charge is 0.497 e. The number of benzene rings is 2. The Kier molecular flexibility index (Phi) is 6.14. The molecule has 0 spiro atoms. The fourth-order valence-corrected chi connectivity index (χ4v) is 4.91. The average molecular weight is 433 g/mol. The van der Waals surface area contributed by atoms with Crippen LogP contribution >= 0.6 is 11.3 Å². The van der Waals surface area contributed by atoms with Gasteiger partial charge in [0.2, 0.25) is 0 Å². The number of rotatable bonds is 7. The summed E-state index contributed by atoms with van der Waals surface area (Å²) in [6.45, 7) is 3.98. The third kappa shape index (κ3) is 4.38. The van der Waals surface area contributed by atoms with E-state index in [9.17, 15) is 13.2 Å². The summed E-state index contributed by atoms with van der Waals surface area (Å²) < 4.78 is 33.2. The van der Waals surface area contributed by atoms with Crippen LogP contribution in [0.25, 0.3) is 10.1 Å². The highest BCUT2D eigenvalue weighted by molar-refractivity contribution is 7.92. The second-order valence-corrected chi connectivity index (χ2v) is 9.82.